The molecule has 17 heavy (non-hydrogen) atoms. The van der Waals surface area contributed by atoms with E-state index in [2.05, 4.69) is 0 Å². The molecule has 94 valence electrons. The van der Waals surface area contributed by atoms with Crippen molar-refractivity contribution in [1.82, 2.24) is 0 Å². The monoisotopic (exact) mass is 239 g/mol. The van der Waals surface area contributed by atoms with Gasteiger partial charge in [0, 0.05) is 6.42 Å². The van der Waals surface area contributed by atoms with E-state index in [-0.39, 0.29) is 0 Å². The zero-order valence-corrected chi connectivity index (χ0v) is 10.0. The Hall–Kier alpha value is -1.29. The van der Waals surface area contributed by atoms with Crippen molar-refractivity contribution in [2.45, 2.75) is 25.9 Å². The lowest BCUT2D eigenvalue weighted by molar-refractivity contribution is 0.296. The molecule has 0 bridgehead atoms. The first kappa shape index (κ1) is 12.2. The second-order valence-corrected chi connectivity index (χ2v) is 4.20. The van der Waals surface area contributed by atoms with Crippen molar-refractivity contribution in [1.29, 1.82) is 0 Å². The molecule has 1 aliphatic rings. The molecule has 0 fully saturated rings. The highest BCUT2D eigenvalue weighted by molar-refractivity contribution is 5.48. The van der Waals surface area contributed by atoms with Gasteiger partial charge in [-0.2, -0.15) is 0 Å². The predicted octanol–water partition coefficient (Wildman–Crippen LogP) is 2.38. The Morgan fingerprint density at radius 1 is 1.29 bits per heavy atom. The first-order valence-corrected chi connectivity index (χ1v) is 5.99. The van der Waals surface area contributed by atoms with Crippen LogP contribution in [0.5, 0.6) is 11.5 Å². The van der Waals surface area contributed by atoms with Crippen LogP contribution in [-0.4, -0.2) is 19.8 Å². The molecule has 1 aliphatic heterocycles. The number of benzene rings is 1. The third-order valence-electron chi connectivity index (χ3n) is 2.85. The molecule has 0 aromatic heterocycles. The van der Waals surface area contributed by atoms with Crippen LogP contribution in [0.1, 0.15) is 30.6 Å². The van der Waals surface area contributed by atoms with Crippen LogP contribution in [0.3, 0.4) is 0 Å². The summed E-state index contributed by atoms with van der Waals surface area (Å²) in [6, 6.07) is 3.61. The van der Waals surface area contributed by atoms with Gasteiger partial charge < -0.3 is 15.2 Å². The predicted molar refractivity (Wildman–Crippen MR) is 64.3 cm³/mol. The molecule has 1 atom stereocenters. The quantitative estimate of drug-likeness (QED) is 0.880. The van der Waals surface area contributed by atoms with Gasteiger partial charge in [0.1, 0.15) is 6.17 Å². The topological polar surface area (TPSA) is 44.5 Å². The summed E-state index contributed by atoms with van der Waals surface area (Å²) in [6.45, 7) is 3.28. The van der Waals surface area contributed by atoms with Gasteiger partial charge in [-0.05, 0) is 43.1 Å². The van der Waals surface area contributed by atoms with E-state index in [9.17, 15) is 4.39 Å². The Morgan fingerprint density at radius 3 is 2.53 bits per heavy atom. The number of fused-ring (bicyclic) bond motifs is 1. The van der Waals surface area contributed by atoms with Crippen LogP contribution in [0, 0.1) is 0 Å². The van der Waals surface area contributed by atoms with Crippen LogP contribution in [0.15, 0.2) is 12.1 Å². The average Bonchev–Trinajstić information content (AvgIpc) is 2.52. The molecule has 0 aliphatic carbocycles. The van der Waals surface area contributed by atoms with Crippen LogP contribution in [0.25, 0.3) is 0 Å². The van der Waals surface area contributed by atoms with E-state index in [1.54, 1.807) is 6.07 Å². The van der Waals surface area contributed by atoms with Gasteiger partial charge in [0.2, 0.25) is 0 Å². The third kappa shape index (κ3) is 2.69. The fraction of sp³-hybridized carbons (Fsp3) is 0.538. The second-order valence-electron chi connectivity index (χ2n) is 4.20. The summed E-state index contributed by atoms with van der Waals surface area (Å²) in [6.07, 6.45) is 0.482. The van der Waals surface area contributed by atoms with Crippen LogP contribution in [0.2, 0.25) is 0 Å². The molecule has 0 amide bonds. The lowest BCUT2D eigenvalue weighted by Gasteiger charge is -2.15. The van der Waals surface area contributed by atoms with Crippen LogP contribution in [-0.2, 0) is 6.42 Å². The maximum absolute atomic E-state index is 13.6. The molecule has 4 heteroatoms. The minimum atomic E-state index is -1.02. The van der Waals surface area contributed by atoms with E-state index in [0.717, 1.165) is 12.0 Å². The lowest BCUT2D eigenvalue weighted by Crippen LogP contribution is -2.07. The molecule has 2 N–H and O–H groups in total. The number of nitrogens with two attached hydrogens (primary N) is 1. The molecule has 0 saturated heterocycles. The summed E-state index contributed by atoms with van der Waals surface area (Å²) >= 11 is 0. The first-order chi connectivity index (χ1) is 8.22. The van der Waals surface area contributed by atoms with Gasteiger partial charge in [0.25, 0.3) is 0 Å². The smallest absolute Gasteiger partial charge is 0.161 e. The second kappa shape index (κ2) is 5.36. The Labute approximate surface area is 101 Å². The van der Waals surface area contributed by atoms with Crippen molar-refractivity contribution in [2.24, 2.45) is 5.73 Å². The van der Waals surface area contributed by atoms with Gasteiger partial charge in [0.15, 0.2) is 11.5 Å². The summed E-state index contributed by atoms with van der Waals surface area (Å²) in [5.74, 6) is 1.35. The molecule has 3 nitrogen and oxygen atoms in total. The molecule has 1 unspecified atom stereocenters. The molecular weight excluding hydrogens is 221 g/mol. The van der Waals surface area contributed by atoms with Gasteiger partial charge in [-0.15, -0.1) is 0 Å². The Kier molecular flexibility index (Phi) is 3.84. The van der Waals surface area contributed by atoms with Gasteiger partial charge >= 0.3 is 0 Å². The summed E-state index contributed by atoms with van der Waals surface area (Å²) < 4.78 is 24.7. The summed E-state index contributed by atoms with van der Waals surface area (Å²) in [5.41, 5.74) is 7.10. The molecule has 0 spiro atoms. The molecule has 2 rings (SSSR count). The van der Waals surface area contributed by atoms with E-state index in [1.807, 2.05) is 6.07 Å². The van der Waals surface area contributed by atoms with E-state index in [0.29, 0.717) is 43.2 Å². The van der Waals surface area contributed by atoms with E-state index >= 15 is 0 Å². The maximum Gasteiger partial charge on any atom is 0.161 e. The normalized spacial score (nSPS) is 16.4. The van der Waals surface area contributed by atoms with Gasteiger partial charge in [-0.3, -0.25) is 0 Å². The standard InChI is InChI=1S/C13H18FNO2/c1-9(14)11-8-13-12(7-10(11)3-4-15)16-5-2-6-17-13/h7-9H,2-6,15H2,1H3. The summed E-state index contributed by atoms with van der Waals surface area (Å²) in [4.78, 5) is 0. The summed E-state index contributed by atoms with van der Waals surface area (Å²) in [7, 11) is 0. The first-order valence-electron chi connectivity index (χ1n) is 5.99. The van der Waals surface area contributed by atoms with Crippen molar-refractivity contribution in [2.75, 3.05) is 19.8 Å². The number of halogens is 1. The minimum Gasteiger partial charge on any atom is -0.490 e. The summed E-state index contributed by atoms with van der Waals surface area (Å²) in [5, 5.41) is 0. The number of ether oxygens (including phenoxy) is 2. The highest BCUT2D eigenvalue weighted by Gasteiger charge is 2.17. The van der Waals surface area contributed by atoms with Crippen molar-refractivity contribution in [3.8, 4) is 11.5 Å². The van der Waals surface area contributed by atoms with Gasteiger partial charge in [-0.25, -0.2) is 4.39 Å². The van der Waals surface area contributed by atoms with Crippen LogP contribution in [0.4, 0.5) is 4.39 Å². The highest BCUT2D eigenvalue weighted by Crippen LogP contribution is 2.36. The fourth-order valence-electron chi connectivity index (χ4n) is 2.01. The number of alkyl halides is 1. The van der Waals surface area contributed by atoms with Gasteiger partial charge in [0.05, 0.1) is 13.2 Å². The van der Waals surface area contributed by atoms with Gasteiger partial charge in [-0.1, -0.05) is 0 Å². The molecule has 1 aromatic carbocycles. The lowest BCUT2D eigenvalue weighted by atomic mass is 10.0. The van der Waals surface area contributed by atoms with Crippen LogP contribution >= 0.6 is 0 Å². The minimum absolute atomic E-state index is 0.499. The molecule has 1 aromatic rings. The van der Waals surface area contributed by atoms with E-state index in [4.69, 9.17) is 15.2 Å². The Bertz CT molecular complexity index is 393. The Morgan fingerprint density at radius 2 is 1.94 bits per heavy atom. The Balaban J connectivity index is 2.41. The highest BCUT2D eigenvalue weighted by atomic mass is 19.1. The van der Waals surface area contributed by atoms with E-state index in [1.165, 1.54) is 6.92 Å². The van der Waals surface area contributed by atoms with Crippen molar-refractivity contribution in [3.05, 3.63) is 23.3 Å². The number of rotatable bonds is 3. The SMILES string of the molecule is CC(F)c1cc2c(cc1CCN)OCCCO2. The third-order valence-corrected chi connectivity index (χ3v) is 2.85. The average molecular weight is 239 g/mol. The fourth-order valence-corrected chi connectivity index (χ4v) is 2.01. The van der Waals surface area contributed by atoms with Crippen molar-refractivity contribution >= 4 is 0 Å². The zero-order chi connectivity index (χ0) is 12.3. The largest absolute Gasteiger partial charge is 0.490 e. The van der Waals surface area contributed by atoms with Crippen LogP contribution < -0.4 is 15.2 Å². The molecule has 0 radical (unpaired) electrons. The number of hydrogen-bond donors (Lipinski definition) is 1. The van der Waals surface area contributed by atoms with Crippen molar-refractivity contribution < 1.29 is 13.9 Å². The number of hydrogen-bond acceptors (Lipinski definition) is 3. The molecule has 1 heterocycles. The molecular formula is C13H18FNO2. The maximum atomic E-state index is 13.6. The van der Waals surface area contributed by atoms with Crippen molar-refractivity contribution in [3.63, 3.8) is 0 Å². The zero-order valence-electron chi connectivity index (χ0n) is 10.0. The van der Waals surface area contributed by atoms with E-state index < -0.39 is 6.17 Å². The molecule has 0 saturated carbocycles.